The third-order valence-electron chi connectivity index (χ3n) is 5.82. The third kappa shape index (κ3) is 22.5. The van der Waals surface area contributed by atoms with E-state index >= 15 is 0 Å². The van der Waals surface area contributed by atoms with Gasteiger partial charge >= 0.3 is 51.4 Å². The Morgan fingerprint density at radius 1 is 0.655 bits per heavy atom. The number of hydrogen-bond donors (Lipinski definition) is 1. The van der Waals surface area contributed by atoms with Crippen molar-refractivity contribution in [2.45, 2.75) is 147 Å². The molecule has 0 aliphatic rings. The molecule has 0 aliphatic carbocycles. The zero-order valence-electron chi connectivity index (χ0n) is 19.7. The maximum atomic E-state index is 11.0. The van der Waals surface area contributed by atoms with E-state index in [0.29, 0.717) is 12.8 Å². The predicted molar refractivity (Wildman–Crippen MR) is 119 cm³/mol. The van der Waals surface area contributed by atoms with Gasteiger partial charge in [-0.1, -0.05) is 110 Å². The summed E-state index contributed by atoms with van der Waals surface area (Å²) in [5.41, 5.74) is 0. The Labute approximate surface area is 224 Å². The molecular formula is C23H47KO4S. The van der Waals surface area contributed by atoms with Crippen LogP contribution in [0.1, 0.15) is 136 Å². The summed E-state index contributed by atoms with van der Waals surface area (Å²) in [7, 11) is -4.11. The Hall–Kier alpha value is 1.51. The molecule has 6 heteroatoms. The molecule has 0 aliphatic heterocycles. The number of hydrogen-bond acceptors (Lipinski definition) is 4. The second kappa shape index (κ2) is 22.7. The van der Waals surface area contributed by atoms with Gasteiger partial charge in [0, 0.05) is 5.25 Å². The van der Waals surface area contributed by atoms with Crippen LogP contribution in [0, 0.1) is 0 Å². The van der Waals surface area contributed by atoms with Gasteiger partial charge in [0.2, 0.25) is 0 Å². The molecular weight excluding hydrogens is 411 g/mol. The van der Waals surface area contributed by atoms with E-state index in [1.54, 1.807) is 6.92 Å². The average Bonchev–Trinajstić information content (AvgIpc) is 2.64. The van der Waals surface area contributed by atoms with E-state index in [1.165, 1.54) is 70.6 Å². The Bertz CT molecular complexity index is 429. The maximum absolute atomic E-state index is 11.0. The van der Waals surface area contributed by atoms with Crippen LogP contribution in [0.3, 0.4) is 0 Å². The summed E-state index contributed by atoms with van der Waals surface area (Å²) < 4.78 is 33.1. The van der Waals surface area contributed by atoms with Gasteiger partial charge < -0.3 is 9.66 Å². The van der Waals surface area contributed by atoms with Crippen molar-refractivity contribution in [3.8, 4) is 0 Å². The van der Waals surface area contributed by atoms with Gasteiger partial charge in [0.1, 0.15) is 0 Å². The molecule has 0 aromatic rings. The van der Waals surface area contributed by atoms with Crippen molar-refractivity contribution in [3.63, 3.8) is 0 Å². The van der Waals surface area contributed by atoms with Gasteiger partial charge in [0.05, 0.1) is 16.2 Å². The molecule has 0 spiro atoms. The summed E-state index contributed by atoms with van der Waals surface area (Å²) in [6, 6.07) is 0. The second-order valence-corrected chi connectivity index (χ2v) is 10.1. The van der Waals surface area contributed by atoms with E-state index < -0.39 is 15.4 Å². The van der Waals surface area contributed by atoms with Gasteiger partial charge in [-0.3, -0.25) is 0 Å². The Morgan fingerprint density at radius 2 is 1.00 bits per heavy atom. The molecule has 170 valence electrons. The van der Waals surface area contributed by atoms with Crippen LogP contribution < -0.4 is 51.4 Å². The van der Waals surface area contributed by atoms with E-state index in [0.717, 1.165) is 38.5 Å². The van der Waals surface area contributed by atoms with Gasteiger partial charge in [-0.05, 0) is 25.7 Å². The molecule has 0 aromatic carbocycles. The van der Waals surface area contributed by atoms with Gasteiger partial charge in [0.25, 0.3) is 0 Å². The van der Waals surface area contributed by atoms with Crippen molar-refractivity contribution in [1.29, 1.82) is 0 Å². The summed E-state index contributed by atoms with van der Waals surface area (Å²) in [5.74, 6) is 0. The molecule has 2 atom stereocenters. The monoisotopic (exact) mass is 458 g/mol. The van der Waals surface area contributed by atoms with Gasteiger partial charge in [-0.15, -0.1) is 0 Å². The first kappa shape index (κ1) is 32.7. The minimum absolute atomic E-state index is 0. The summed E-state index contributed by atoms with van der Waals surface area (Å²) in [6.07, 6.45) is 20.8. The SMILES string of the molecule is CCCCCCCCC(O)CCCCCCCCCCCC(CC)S(=O)(=O)[O-].[K+]. The van der Waals surface area contributed by atoms with Gasteiger partial charge in [-0.25, -0.2) is 8.42 Å². The maximum Gasteiger partial charge on any atom is 1.00 e. The molecule has 0 amide bonds. The molecule has 0 rings (SSSR count). The van der Waals surface area contributed by atoms with E-state index in [-0.39, 0.29) is 57.5 Å². The molecule has 29 heavy (non-hydrogen) atoms. The smallest absolute Gasteiger partial charge is 0.748 e. The van der Waals surface area contributed by atoms with Crippen LogP contribution in [0.4, 0.5) is 0 Å². The molecule has 0 bridgehead atoms. The van der Waals surface area contributed by atoms with Crippen molar-refractivity contribution < 1.29 is 69.5 Å². The van der Waals surface area contributed by atoms with Crippen molar-refractivity contribution in [2.75, 3.05) is 0 Å². The topological polar surface area (TPSA) is 77.4 Å². The molecule has 0 fully saturated rings. The van der Waals surface area contributed by atoms with Crippen LogP contribution in [0.5, 0.6) is 0 Å². The zero-order chi connectivity index (χ0) is 21.1. The summed E-state index contributed by atoms with van der Waals surface area (Å²) >= 11 is 0. The Balaban J connectivity index is 0. The number of rotatable bonds is 21. The van der Waals surface area contributed by atoms with Crippen molar-refractivity contribution in [2.24, 2.45) is 0 Å². The van der Waals surface area contributed by atoms with Crippen molar-refractivity contribution in [3.05, 3.63) is 0 Å². The molecule has 0 aromatic heterocycles. The van der Waals surface area contributed by atoms with Crippen LogP contribution in [0.25, 0.3) is 0 Å². The quantitative estimate of drug-likeness (QED) is 0.162. The minimum atomic E-state index is -4.11. The summed E-state index contributed by atoms with van der Waals surface area (Å²) in [6.45, 7) is 4.01. The van der Waals surface area contributed by atoms with Gasteiger partial charge in [-0.2, -0.15) is 0 Å². The van der Waals surface area contributed by atoms with Gasteiger partial charge in [0.15, 0.2) is 0 Å². The zero-order valence-corrected chi connectivity index (χ0v) is 23.6. The first-order valence-corrected chi connectivity index (χ1v) is 13.5. The molecule has 2 unspecified atom stereocenters. The van der Waals surface area contributed by atoms with E-state index in [1.807, 2.05) is 0 Å². The molecule has 0 saturated carbocycles. The van der Waals surface area contributed by atoms with Crippen LogP contribution in [-0.4, -0.2) is 29.4 Å². The molecule has 4 nitrogen and oxygen atoms in total. The fourth-order valence-corrected chi connectivity index (χ4v) is 4.71. The van der Waals surface area contributed by atoms with E-state index in [9.17, 15) is 18.1 Å². The fourth-order valence-electron chi connectivity index (χ4n) is 3.85. The number of aliphatic hydroxyl groups is 1. The van der Waals surface area contributed by atoms with E-state index in [2.05, 4.69) is 6.92 Å². The first-order chi connectivity index (χ1) is 13.4. The fraction of sp³-hybridized carbons (Fsp3) is 1.00. The second-order valence-electron chi connectivity index (χ2n) is 8.49. The molecule has 1 N–H and O–H groups in total. The molecule has 0 radical (unpaired) electrons. The average molecular weight is 459 g/mol. The van der Waals surface area contributed by atoms with Crippen LogP contribution >= 0.6 is 0 Å². The van der Waals surface area contributed by atoms with Crippen molar-refractivity contribution >= 4 is 10.1 Å². The predicted octanol–water partition coefficient (Wildman–Crippen LogP) is 3.72. The molecule has 0 saturated heterocycles. The molecule has 0 heterocycles. The number of aliphatic hydroxyl groups excluding tert-OH is 1. The third-order valence-corrected chi connectivity index (χ3v) is 7.20. The Morgan fingerprint density at radius 3 is 1.34 bits per heavy atom. The van der Waals surface area contributed by atoms with Crippen LogP contribution in [-0.2, 0) is 10.1 Å². The standard InChI is InChI=1S/C23H48O4S.K/c1-3-5-6-7-13-16-19-22(24)20-17-14-11-9-8-10-12-15-18-21-23(4-2)28(25,26)27;/h22-24H,3-21H2,1-2H3,(H,25,26,27);/q;+1/p-1. The largest absolute Gasteiger partial charge is 1.00 e. The van der Waals surface area contributed by atoms with Crippen LogP contribution in [0.2, 0.25) is 0 Å². The van der Waals surface area contributed by atoms with Crippen LogP contribution in [0.15, 0.2) is 0 Å². The minimum Gasteiger partial charge on any atom is -0.748 e. The summed E-state index contributed by atoms with van der Waals surface area (Å²) in [4.78, 5) is 0. The van der Waals surface area contributed by atoms with E-state index in [4.69, 9.17) is 0 Å². The Kier molecular flexibility index (Phi) is 25.6. The first-order valence-electron chi connectivity index (χ1n) is 12.0. The summed E-state index contributed by atoms with van der Waals surface area (Å²) in [5, 5.41) is 9.33. The number of unbranched alkanes of at least 4 members (excludes halogenated alkanes) is 13. The normalized spacial score (nSPS) is 13.8. The van der Waals surface area contributed by atoms with Crippen molar-refractivity contribution in [1.82, 2.24) is 0 Å².